The summed E-state index contributed by atoms with van der Waals surface area (Å²) in [6.45, 7) is 3.38. The first kappa shape index (κ1) is 17.1. The normalized spacial score (nSPS) is 27.7. The smallest absolute Gasteiger partial charge is 0.335 e. The number of carboxylic acids is 1. The van der Waals surface area contributed by atoms with Crippen molar-refractivity contribution in [2.24, 2.45) is 0 Å². The third-order valence-electron chi connectivity index (χ3n) is 6.48. The van der Waals surface area contributed by atoms with Gasteiger partial charge in [0.25, 0.3) is 0 Å². The Morgan fingerprint density at radius 1 is 1.27 bits per heavy atom. The summed E-state index contributed by atoms with van der Waals surface area (Å²) < 4.78 is 5.49. The van der Waals surface area contributed by atoms with Crippen LogP contribution in [-0.4, -0.2) is 42.7 Å². The molecule has 4 nitrogen and oxygen atoms in total. The number of fused-ring (bicyclic) bond motifs is 4. The highest BCUT2D eigenvalue weighted by molar-refractivity contribution is 5.87. The Kier molecular flexibility index (Phi) is 4.03. The lowest BCUT2D eigenvalue weighted by Gasteiger charge is -2.55. The molecular formula is C22H25NO3. The molecular weight excluding hydrogens is 326 g/mol. The van der Waals surface area contributed by atoms with E-state index in [1.54, 1.807) is 13.2 Å². The number of methoxy groups -OCH3 is 1. The Morgan fingerprint density at radius 2 is 2.08 bits per heavy atom. The summed E-state index contributed by atoms with van der Waals surface area (Å²) in [4.78, 5) is 13.9. The van der Waals surface area contributed by atoms with E-state index in [9.17, 15) is 9.90 Å². The van der Waals surface area contributed by atoms with E-state index in [1.165, 1.54) is 11.1 Å². The van der Waals surface area contributed by atoms with Crippen LogP contribution in [0.15, 0.2) is 42.5 Å². The first-order valence-corrected chi connectivity index (χ1v) is 9.15. The van der Waals surface area contributed by atoms with Crippen LogP contribution in [0.5, 0.6) is 5.75 Å². The molecule has 0 amide bonds. The van der Waals surface area contributed by atoms with Gasteiger partial charge in [0.1, 0.15) is 5.75 Å². The minimum atomic E-state index is -0.867. The largest absolute Gasteiger partial charge is 0.497 e. The zero-order chi connectivity index (χ0) is 18.5. The first-order valence-electron chi connectivity index (χ1n) is 9.15. The topological polar surface area (TPSA) is 49.8 Å². The summed E-state index contributed by atoms with van der Waals surface area (Å²) in [6.07, 6.45) is 2.02. The summed E-state index contributed by atoms with van der Waals surface area (Å²) in [5.41, 5.74) is 4.19. The second kappa shape index (κ2) is 6.13. The fourth-order valence-electron chi connectivity index (χ4n) is 5.06. The first-order chi connectivity index (χ1) is 12.4. The van der Waals surface area contributed by atoms with Crippen molar-refractivity contribution in [3.05, 3.63) is 64.7 Å². The van der Waals surface area contributed by atoms with Gasteiger partial charge in [0, 0.05) is 17.4 Å². The van der Waals surface area contributed by atoms with E-state index in [1.807, 2.05) is 18.2 Å². The van der Waals surface area contributed by atoms with Crippen molar-refractivity contribution >= 4 is 5.97 Å². The SMILES string of the molecule is COc1ccc2c(c1)[C@]1(C)CCN(C)[C@H](C2)[C@@H]1c1cccc(C(=O)O)c1. The molecule has 0 unspecified atom stereocenters. The highest BCUT2D eigenvalue weighted by atomic mass is 16.5. The zero-order valence-electron chi connectivity index (χ0n) is 15.5. The molecule has 4 rings (SSSR count). The zero-order valence-corrected chi connectivity index (χ0v) is 15.5. The van der Waals surface area contributed by atoms with Crippen LogP contribution in [-0.2, 0) is 11.8 Å². The number of ether oxygens (including phenoxy) is 1. The lowest BCUT2D eigenvalue weighted by Crippen LogP contribution is -2.56. The molecule has 4 heteroatoms. The van der Waals surface area contributed by atoms with Crippen molar-refractivity contribution in [2.75, 3.05) is 20.7 Å². The lowest BCUT2D eigenvalue weighted by atomic mass is 9.56. The van der Waals surface area contributed by atoms with Crippen LogP contribution in [0.1, 0.15) is 46.3 Å². The fraction of sp³-hybridized carbons (Fsp3) is 0.409. The number of aromatic carboxylic acids is 1. The predicted octanol–water partition coefficient (Wildman–Crippen LogP) is 3.70. The molecule has 2 bridgehead atoms. The maximum Gasteiger partial charge on any atom is 0.335 e. The molecule has 3 atom stereocenters. The van der Waals surface area contributed by atoms with Gasteiger partial charge in [-0.05, 0) is 67.4 Å². The van der Waals surface area contributed by atoms with E-state index in [2.05, 4.69) is 37.1 Å². The van der Waals surface area contributed by atoms with E-state index < -0.39 is 5.97 Å². The molecule has 1 aliphatic heterocycles. The molecule has 0 radical (unpaired) electrons. The van der Waals surface area contributed by atoms with Crippen molar-refractivity contribution in [2.45, 2.75) is 37.1 Å². The van der Waals surface area contributed by atoms with Crippen LogP contribution < -0.4 is 4.74 Å². The molecule has 0 saturated carbocycles. The Bertz CT molecular complexity index is 862. The third-order valence-corrected chi connectivity index (χ3v) is 6.48. The van der Waals surface area contributed by atoms with Gasteiger partial charge in [0.15, 0.2) is 0 Å². The standard InChI is InChI=1S/C22H25NO3/c1-22-9-10-23(2)19(12-14-7-8-17(26-3)13-18(14)22)20(22)15-5-4-6-16(11-15)21(24)25/h4-8,11,13,19-20H,9-10,12H2,1-3H3,(H,24,25)/t19-,20+,22+/m1/s1. The summed E-state index contributed by atoms with van der Waals surface area (Å²) in [7, 11) is 3.89. The van der Waals surface area contributed by atoms with Gasteiger partial charge in [-0.25, -0.2) is 4.79 Å². The quantitative estimate of drug-likeness (QED) is 0.916. The fourth-order valence-corrected chi connectivity index (χ4v) is 5.06. The van der Waals surface area contributed by atoms with Gasteiger partial charge < -0.3 is 14.7 Å². The molecule has 0 aromatic heterocycles. The number of carbonyl (C=O) groups is 1. The molecule has 2 aromatic carbocycles. The molecule has 1 fully saturated rings. The summed E-state index contributed by atoms with van der Waals surface area (Å²) >= 11 is 0. The van der Waals surface area contributed by atoms with E-state index in [0.717, 1.165) is 30.7 Å². The van der Waals surface area contributed by atoms with Gasteiger partial charge in [-0.2, -0.15) is 0 Å². The summed E-state index contributed by atoms with van der Waals surface area (Å²) in [6, 6.07) is 14.3. The Labute approximate surface area is 154 Å². The number of nitrogens with zero attached hydrogens (tertiary/aromatic N) is 1. The predicted molar refractivity (Wildman–Crippen MR) is 101 cm³/mol. The van der Waals surface area contributed by atoms with E-state index in [-0.39, 0.29) is 11.3 Å². The monoisotopic (exact) mass is 351 g/mol. The Morgan fingerprint density at radius 3 is 2.81 bits per heavy atom. The minimum absolute atomic E-state index is 0.0313. The number of likely N-dealkylation sites (tertiary alicyclic amines) is 1. The average molecular weight is 351 g/mol. The van der Waals surface area contributed by atoms with Crippen molar-refractivity contribution < 1.29 is 14.6 Å². The highest BCUT2D eigenvalue weighted by Gasteiger charge is 2.50. The highest BCUT2D eigenvalue weighted by Crippen LogP contribution is 2.53. The van der Waals surface area contributed by atoms with Crippen LogP contribution in [0.2, 0.25) is 0 Å². The molecule has 1 aliphatic carbocycles. The van der Waals surface area contributed by atoms with Gasteiger partial charge in [-0.3, -0.25) is 0 Å². The number of benzene rings is 2. The second-order valence-corrected chi connectivity index (χ2v) is 7.85. The van der Waals surface area contributed by atoms with Gasteiger partial charge in [0.2, 0.25) is 0 Å². The maximum atomic E-state index is 11.5. The van der Waals surface area contributed by atoms with Crippen molar-refractivity contribution in [3.63, 3.8) is 0 Å². The second-order valence-electron chi connectivity index (χ2n) is 7.85. The molecule has 136 valence electrons. The maximum absolute atomic E-state index is 11.5. The number of hydrogen-bond donors (Lipinski definition) is 1. The van der Waals surface area contributed by atoms with Gasteiger partial charge >= 0.3 is 5.97 Å². The number of rotatable bonds is 3. The van der Waals surface area contributed by atoms with Gasteiger partial charge in [-0.15, -0.1) is 0 Å². The summed E-state index contributed by atoms with van der Waals surface area (Å²) in [5.74, 6) is 0.286. The number of piperidine rings is 1. The Balaban J connectivity index is 1.88. The average Bonchev–Trinajstić information content (AvgIpc) is 2.65. The molecule has 2 aromatic rings. The van der Waals surface area contributed by atoms with E-state index in [4.69, 9.17) is 4.74 Å². The van der Waals surface area contributed by atoms with Crippen LogP contribution >= 0.6 is 0 Å². The molecule has 2 aliphatic rings. The van der Waals surface area contributed by atoms with Crippen molar-refractivity contribution in [1.82, 2.24) is 4.90 Å². The number of carboxylic acid groups (broad SMARTS) is 1. The molecule has 1 saturated heterocycles. The van der Waals surface area contributed by atoms with Crippen LogP contribution in [0, 0.1) is 0 Å². The summed E-state index contributed by atoms with van der Waals surface area (Å²) in [5, 5.41) is 9.43. The minimum Gasteiger partial charge on any atom is -0.497 e. The van der Waals surface area contributed by atoms with Crippen molar-refractivity contribution in [3.8, 4) is 5.75 Å². The Hall–Kier alpha value is -2.33. The third kappa shape index (κ3) is 2.52. The molecule has 1 heterocycles. The van der Waals surface area contributed by atoms with Crippen LogP contribution in [0.3, 0.4) is 0 Å². The molecule has 1 N–H and O–H groups in total. The van der Waals surface area contributed by atoms with Gasteiger partial charge in [-0.1, -0.05) is 25.1 Å². The van der Waals surface area contributed by atoms with Crippen molar-refractivity contribution in [1.29, 1.82) is 0 Å². The van der Waals surface area contributed by atoms with Crippen LogP contribution in [0.4, 0.5) is 0 Å². The van der Waals surface area contributed by atoms with E-state index in [0.29, 0.717) is 11.6 Å². The lowest BCUT2D eigenvalue weighted by molar-refractivity contribution is 0.0694. The van der Waals surface area contributed by atoms with Gasteiger partial charge in [0.05, 0.1) is 12.7 Å². The molecule has 26 heavy (non-hydrogen) atoms. The van der Waals surface area contributed by atoms with E-state index >= 15 is 0 Å². The molecule has 0 spiro atoms. The number of hydrogen-bond acceptors (Lipinski definition) is 3. The van der Waals surface area contributed by atoms with Crippen LogP contribution in [0.25, 0.3) is 0 Å². The number of likely N-dealkylation sites (N-methyl/N-ethyl adjacent to an activating group) is 1.